The van der Waals surface area contributed by atoms with E-state index in [-0.39, 0.29) is 0 Å². The standard InChI is InChI=1S/C8H15NO.2C2H6/c1-7(2)9-3-8(4-9)5-10-6-8;2*1-2/h7H,3-6H2,1-2H3;2*1-2H3. The highest BCUT2D eigenvalue weighted by Crippen LogP contribution is 2.38. The van der Waals surface area contributed by atoms with Crippen LogP contribution in [-0.2, 0) is 4.74 Å². The third-order valence-electron chi connectivity index (χ3n) is 2.62. The van der Waals surface area contributed by atoms with Gasteiger partial charge >= 0.3 is 0 Å². The summed E-state index contributed by atoms with van der Waals surface area (Å²) in [5.74, 6) is 0. The summed E-state index contributed by atoms with van der Waals surface area (Å²) in [5.41, 5.74) is 0.601. The Kier molecular flexibility index (Phi) is 6.38. The minimum absolute atomic E-state index is 0.601. The molecule has 0 aromatic rings. The lowest BCUT2D eigenvalue weighted by molar-refractivity contribution is -0.195. The Morgan fingerprint density at radius 2 is 1.43 bits per heavy atom. The number of ether oxygens (including phenoxy) is 1. The van der Waals surface area contributed by atoms with Crippen molar-refractivity contribution >= 4 is 0 Å². The molecule has 0 unspecified atom stereocenters. The normalized spacial score (nSPS) is 22.5. The minimum atomic E-state index is 0.601. The third kappa shape index (κ3) is 2.96. The Labute approximate surface area is 89.6 Å². The smallest absolute Gasteiger partial charge is 0.0569 e. The van der Waals surface area contributed by atoms with Gasteiger partial charge in [-0.1, -0.05) is 27.7 Å². The molecule has 0 atom stereocenters. The fourth-order valence-electron chi connectivity index (χ4n) is 1.75. The van der Waals surface area contributed by atoms with Crippen molar-refractivity contribution in [3.63, 3.8) is 0 Å². The van der Waals surface area contributed by atoms with E-state index in [1.54, 1.807) is 0 Å². The van der Waals surface area contributed by atoms with E-state index in [9.17, 15) is 0 Å². The van der Waals surface area contributed by atoms with Gasteiger partial charge in [0.05, 0.1) is 13.2 Å². The molecule has 2 heterocycles. The van der Waals surface area contributed by atoms with Gasteiger partial charge in [-0.25, -0.2) is 0 Å². The van der Waals surface area contributed by atoms with Gasteiger partial charge in [0.15, 0.2) is 0 Å². The van der Waals surface area contributed by atoms with E-state index in [4.69, 9.17) is 4.74 Å². The van der Waals surface area contributed by atoms with Crippen molar-refractivity contribution < 1.29 is 4.74 Å². The second-order valence-corrected chi connectivity index (χ2v) is 3.99. The fourth-order valence-corrected chi connectivity index (χ4v) is 1.75. The molecule has 0 radical (unpaired) electrons. The predicted octanol–water partition coefficient (Wildman–Crippen LogP) is 2.78. The van der Waals surface area contributed by atoms with Gasteiger partial charge in [0, 0.05) is 24.5 Å². The van der Waals surface area contributed by atoms with E-state index in [2.05, 4.69) is 18.7 Å². The zero-order chi connectivity index (χ0) is 11.2. The zero-order valence-corrected chi connectivity index (χ0v) is 10.8. The van der Waals surface area contributed by atoms with E-state index < -0.39 is 0 Å². The molecule has 0 bridgehead atoms. The van der Waals surface area contributed by atoms with Crippen molar-refractivity contribution in [1.29, 1.82) is 0 Å². The molecule has 0 amide bonds. The van der Waals surface area contributed by atoms with E-state index in [0.29, 0.717) is 5.41 Å². The fraction of sp³-hybridized carbons (Fsp3) is 1.00. The van der Waals surface area contributed by atoms with Gasteiger partial charge in [-0.3, -0.25) is 4.90 Å². The molecule has 2 aliphatic heterocycles. The number of rotatable bonds is 1. The van der Waals surface area contributed by atoms with Crippen LogP contribution in [0.2, 0.25) is 0 Å². The maximum Gasteiger partial charge on any atom is 0.0569 e. The highest BCUT2D eigenvalue weighted by Gasteiger charge is 2.49. The molecule has 86 valence electrons. The summed E-state index contributed by atoms with van der Waals surface area (Å²) in [6, 6.07) is 0.728. The van der Waals surface area contributed by atoms with Crippen LogP contribution in [0.5, 0.6) is 0 Å². The van der Waals surface area contributed by atoms with Gasteiger partial charge in [0.1, 0.15) is 0 Å². The van der Waals surface area contributed by atoms with Crippen molar-refractivity contribution in [2.45, 2.75) is 47.6 Å². The molecule has 0 N–H and O–H groups in total. The lowest BCUT2D eigenvalue weighted by Gasteiger charge is -2.56. The lowest BCUT2D eigenvalue weighted by atomic mass is 9.77. The molecule has 0 aromatic carbocycles. The van der Waals surface area contributed by atoms with Crippen LogP contribution in [0.25, 0.3) is 0 Å². The minimum Gasteiger partial charge on any atom is -0.380 e. The highest BCUT2D eigenvalue weighted by atomic mass is 16.5. The van der Waals surface area contributed by atoms with Crippen molar-refractivity contribution in [3.8, 4) is 0 Å². The van der Waals surface area contributed by atoms with Gasteiger partial charge in [0.25, 0.3) is 0 Å². The number of hydrogen-bond acceptors (Lipinski definition) is 2. The van der Waals surface area contributed by atoms with Crippen LogP contribution < -0.4 is 0 Å². The molecule has 2 rings (SSSR count). The summed E-state index contributed by atoms with van der Waals surface area (Å²) < 4.78 is 5.18. The van der Waals surface area contributed by atoms with Crippen LogP contribution >= 0.6 is 0 Å². The van der Waals surface area contributed by atoms with Gasteiger partial charge in [-0.2, -0.15) is 0 Å². The predicted molar refractivity (Wildman–Crippen MR) is 62.7 cm³/mol. The van der Waals surface area contributed by atoms with Crippen molar-refractivity contribution in [3.05, 3.63) is 0 Å². The molecule has 0 saturated carbocycles. The third-order valence-corrected chi connectivity index (χ3v) is 2.62. The average molecular weight is 201 g/mol. The van der Waals surface area contributed by atoms with Crippen LogP contribution in [-0.4, -0.2) is 37.2 Å². The Morgan fingerprint density at radius 3 is 1.64 bits per heavy atom. The van der Waals surface area contributed by atoms with Crippen molar-refractivity contribution in [2.75, 3.05) is 26.3 Å². The molecule has 1 spiro atoms. The van der Waals surface area contributed by atoms with Gasteiger partial charge in [-0.15, -0.1) is 0 Å². The molecule has 0 aromatic heterocycles. The van der Waals surface area contributed by atoms with Crippen LogP contribution in [0.3, 0.4) is 0 Å². The molecule has 2 heteroatoms. The molecular weight excluding hydrogens is 174 g/mol. The molecule has 0 aliphatic carbocycles. The van der Waals surface area contributed by atoms with E-state index in [1.807, 2.05) is 27.7 Å². The second-order valence-electron chi connectivity index (χ2n) is 3.99. The van der Waals surface area contributed by atoms with Gasteiger partial charge in [0.2, 0.25) is 0 Å². The van der Waals surface area contributed by atoms with Gasteiger partial charge < -0.3 is 4.74 Å². The topological polar surface area (TPSA) is 12.5 Å². The first-order valence-electron chi connectivity index (χ1n) is 6.04. The Hall–Kier alpha value is -0.0800. The van der Waals surface area contributed by atoms with Crippen LogP contribution in [0.1, 0.15) is 41.5 Å². The second kappa shape index (κ2) is 6.41. The van der Waals surface area contributed by atoms with Crippen molar-refractivity contribution in [1.82, 2.24) is 4.90 Å². The zero-order valence-electron chi connectivity index (χ0n) is 10.8. The summed E-state index contributed by atoms with van der Waals surface area (Å²) in [4.78, 5) is 2.50. The molecule has 2 fully saturated rings. The largest absolute Gasteiger partial charge is 0.380 e. The molecule has 2 aliphatic rings. The first kappa shape index (κ1) is 13.9. The molecule has 14 heavy (non-hydrogen) atoms. The first-order valence-corrected chi connectivity index (χ1v) is 6.04. The van der Waals surface area contributed by atoms with E-state index in [1.165, 1.54) is 13.1 Å². The Morgan fingerprint density at radius 1 is 1.00 bits per heavy atom. The SMILES string of the molecule is CC.CC.CC(C)N1CC2(COC2)C1. The summed E-state index contributed by atoms with van der Waals surface area (Å²) in [6.45, 7) is 17.1. The number of nitrogens with zero attached hydrogens (tertiary/aromatic N) is 1. The van der Waals surface area contributed by atoms with E-state index >= 15 is 0 Å². The molecule has 2 saturated heterocycles. The molecule has 2 nitrogen and oxygen atoms in total. The maximum absolute atomic E-state index is 5.18. The summed E-state index contributed by atoms with van der Waals surface area (Å²) >= 11 is 0. The number of hydrogen-bond donors (Lipinski definition) is 0. The Balaban J connectivity index is 0.000000379. The highest BCUT2D eigenvalue weighted by molar-refractivity contribution is 5.00. The van der Waals surface area contributed by atoms with Crippen LogP contribution in [0.15, 0.2) is 0 Å². The van der Waals surface area contributed by atoms with E-state index in [0.717, 1.165) is 19.3 Å². The average Bonchev–Trinajstić information content (AvgIpc) is 2.06. The molecular formula is C12H27NO. The van der Waals surface area contributed by atoms with Crippen LogP contribution in [0.4, 0.5) is 0 Å². The quantitative estimate of drug-likeness (QED) is 0.647. The number of likely N-dealkylation sites (tertiary alicyclic amines) is 1. The first-order chi connectivity index (χ1) is 6.72. The Bertz CT molecular complexity index is 133. The summed E-state index contributed by atoms with van der Waals surface area (Å²) in [6.07, 6.45) is 0. The monoisotopic (exact) mass is 201 g/mol. The maximum atomic E-state index is 5.18. The van der Waals surface area contributed by atoms with Crippen molar-refractivity contribution in [2.24, 2.45) is 5.41 Å². The summed E-state index contributed by atoms with van der Waals surface area (Å²) in [7, 11) is 0. The summed E-state index contributed by atoms with van der Waals surface area (Å²) in [5, 5.41) is 0. The van der Waals surface area contributed by atoms with Gasteiger partial charge in [-0.05, 0) is 13.8 Å². The van der Waals surface area contributed by atoms with Crippen LogP contribution in [0, 0.1) is 5.41 Å². The lowest BCUT2D eigenvalue weighted by Crippen LogP contribution is -2.67.